The topological polar surface area (TPSA) is 127 Å². The van der Waals surface area contributed by atoms with Crippen molar-refractivity contribution in [3.63, 3.8) is 0 Å². The molecule has 4 rings (SSSR count). The summed E-state index contributed by atoms with van der Waals surface area (Å²) in [6.07, 6.45) is 3.90. The summed E-state index contributed by atoms with van der Waals surface area (Å²) in [7, 11) is 0. The molecule has 2 N–H and O–H groups in total. The SMILES string of the molecule is CCC(=O)OCC(=O)[C@@]1(OC(=O)CC)[C@@H](C)CC2C3CCC4=CC(=O)C=CC4(C)[C@@]3(Br)[C@@H](O)[C@H](O)C21C. The number of allylic oxidation sites excluding steroid dienone is 4. The lowest BCUT2D eigenvalue weighted by Crippen LogP contribution is -2.75. The predicted octanol–water partition coefficient (Wildman–Crippen LogP) is 3.21. The Bertz CT molecular complexity index is 1080. The molecule has 8 nitrogen and oxygen atoms in total. The minimum Gasteiger partial charge on any atom is -0.457 e. The predicted molar refractivity (Wildman–Crippen MR) is 137 cm³/mol. The summed E-state index contributed by atoms with van der Waals surface area (Å²) in [4.78, 5) is 50.7. The molecule has 9 heteroatoms. The Balaban J connectivity index is 1.86. The summed E-state index contributed by atoms with van der Waals surface area (Å²) in [6, 6.07) is 0. The van der Waals surface area contributed by atoms with Crippen molar-refractivity contribution in [1.29, 1.82) is 0 Å². The third-order valence-corrected chi connectivity index (χ3v) is 11.8. The van der Waals surface area contributed by atoms with E-state index in [1.165, 1.54) is 6.08 Å². The average Bonchev–Trinajstić information content (AvgIpc) is 3.10. The molecule has 0 heterocycles. The molecule has 3 fully saturated rings. The van der Waals surface area contributed by atoms with Crippen LogP contribution < -0.4 is 0 Å². The van der Waals surface area contributed by atoms with Crippen LogP contribution in [0, 0.1) is 28.6 Å². The van der Waals surface area contributed by atoms with Crippen molar-refractivity contribution in [1.82, 2.24) is 0 Å². The molecule has 0 saturated heterocycles. The summed E-state index contributed by atoms with van der Waals surface area (Å²) in [5.74, 6) is -2.89. The molecule has 4 aliphatic carbocycles. The highest BCUT2D eigenvalue weighted by molar-refractivity contribution is 9.10. The minimum atomic E-state index is -1.79. The van der Waals surface area contributed by atoms with Gasteiger partial charge in [-0.2, -0.15) is 0 Å². The number of halogens is 1. The van der Waals surface area contributed by atoms with Crippen molar-refractivity contribution in [3.05, 3.63) is 23.8 Å². The third kappa shape index (κ3) is 3.59. The van der Waals surface area contributed by atoms with Gasteiger partial charge in [-0.15, -0.1) is 0 Å². The van der Waals surface area contributed by atoms with Gasteiger partial charge in [0.1, 0.15) is 0 Å². The van der Waals surface area contributed by atoms with Crippen LogP contribution in [0.4, 0.5) is 0 Å². The van der Waals surface area contributed by atoms with Gasteiger partial charge in [0.15, 0.2) is 18.0 Å². The number of hydrogen-bond acceptors (Lipinski definition) is 8. The molecule has 0 bridgehead atoms. The molecule has 4 aliphatic rings. The normalized spacial score (nSPS) is 44.3. The average molecular weight is 582 g/mol. The highest BCUT2D eigenvalue weighted by Gasteiger charge is 2.79. The van der Waals surface area contributed by atoms with Crippen molar-refractivity contribution in [3.8, 4) is 0 Å². The molecule has 37 heavy (non-hydrogen) atoms. The van der Waals surface area contributed by atoms with E-state index in [1.54, 1.807) is 26.8 Å². The first kappa shape index (κ1) is 28.2. The lowest BCUT2D eigenvalue weighted by atomic mass is 9.45. The number of ether oxygens (including phenoxy) is 2. The number of Topliss-reactive ketones (excluding diaryl/α,β-unsaturated/α-hetero) is 1. The summed E-state index contributed by atoms with van der Waals surface area (Å²) in [6.45, 7) is 8.15. The second-order valence-electron chi connectivity index (χ2n) is 11.4. The zero-order valence-electron chi connectivity index (χ0n) is 22.1. The third-order valence-electron chi connectivity index (χ3n) is 9.96. The maximum atomic E-state index is 13.9. The molecule has 0 aromatic heterocycles. The fourth-order valence-electron chi connectivity index (χ4n) is 7.98. The summed E-state index contributed by atoms with van der Waals surface area (Å²) >= 11 is 3.90. The van der Waals surface area contributed by atoms with E-state index in [0.29, 0.717) is 19.3 Å². The highest BCUT2D eigenvalue weighted by atomic mass is 79.9. The molecule has 0 aromatic carbocycles. The first-order valence-electron chi connectivity index (χ1n) is 13.2. The molecular formula is C28H37BrO8. The number of rotatable bonds is 6. The quantitative estimate of drug-likeness (QED) is 0.362. The maximum Gasteiger partial charge on any atom is 0.306 e. The summed E-state index contributed by atoms with van der Waals surface area (Å²) in [5, 5.41) is 23.8. The summed E-state index contributed by atoms with van der Waals surface area (Å²) < 4.78 is 10.2. The molecule has 204 valence electrons. The lowest BCUT2D eigenvalue weighted by Gasteiger charge is -2.65. The van der Waals surface area contributed by atoms with E-state index in [-0.39, 0.29) is 30.5 Å². The molecule has 0 aromatic rings. The number of carbonyl (C=O) groups is 4. The van der Waals surface area contributed by atoms with Crippen LogP contribution in [0.1, 0.15) is 66.7 Å². The number of alkyl halides is 1. The van der Waals surface area contributed by atoms with Gasteiger partial charge in [0.25, 0.3) is 0 Å². The number of esters is 2. The van der Waals surface area contributed by atoms with Gasteiger partial charge >= 0.3 is 11.9 Å². The van der Waals surface area contributed by atoms with E-state index in [9.17, 15) is 29.4 Å². The van der Waals surface area contributed by atoms with E-state index in [0.717, 1.165) is 5.57 Å². The molecule has 9 atom stereocenters. The van der Waals surface area contributed by atoms with E-state index in [2.05, 4.69) is 15.9 Å². The van der Waals surface area contributed by atoms with Crippen molar-refractivity contribution in [2.45, 2.75) is 88.9 Å². The van der Waals surface area contributed by atoms with Gasteiger partial charge in [0, 0.05) is 29.6 Å². The molecule has 0 spiro atoms. The number of aliphatic hydroxyl groups excluding tert-OH is 2. The van der Waals surface area contributed by atoms with Crippen LogP contribution in [0.2, 0.25) is 0 Å². The monoisotopic (exact) mass is 580 g/mol. The summed E-state index contributed by atoms with van der Waals surface area (Å²) in [5.41, 5.74) is -3.00. The van der Waals surface area contributed by atoms with Gasteiger partial charge in [-0.1, -0.05) is 62.2 Å². The van der Waals surface area contributed by atoms with Crippen molar-refractivity contribution in [2.24, 2.45) is 28.6 Å². The standard InChI is InChI=1S/C28H37BrO8/c1-6-21(32)36-14-20(31)28(37-22(33)7-2)15(3)12-19-18-9-8-16-13-17(30)10-11-25(16,4)27(18,29)24(35)23(34)26(19,28)5/h10-11,13,15,18-19,23-24,34-35H,6-9,12,14H2,1-5H3/t15-,18?,19?,23-,24-,25?,26?,27-,28-/m0/s1. The zero-order chi connectivity index (χ0) is 27.6. The van der Waals surface area contributed by atoms with Crippen LogP contribution in [0.15, 0.2) is 23.8 Å². The van der Waals surface area contributed by atoms with Crippen molar-refractivity contribution >= 4 is 39.4 Å². The Morgan fingerprint density at radius 2 is 1.73 bits per heavy atom. The second-order valence-corrected chi connectivity index (χ2v) is 12.7. The van der Waals surface area contributed by atoms with Gasteiger partial charge in [-0.3, -0.25) is 19.2 Å². The Morgan fingerprint density at radius 1 is 1.08 bits per heavy atom. The number of aliphatic hydroxyl groups is 2. The Morgan fingerprint density at radius 3 is 2.35 bits per heavy atom. The number of ketones is 2. The molecule has 0 amide bonds. The molecule has 0 radical (unpaired) electrons. The van der Waals surface area contributed by atoms with E-state index in [1.807, 2.05) is 19.9 Å². The van der Waals surface area contributed by atoms with Crippen LogP contribution in [-0.2, 0) is 28.7 Å². The van der Waals surface area contributed by atoms with Gasteiger partial charge in [0.2, 0.25) is 5.78 Å². The van der Waals surface area contributed by atoms with Crippen LogP contribution in [0.3, 0.4) is 0 Å². The number of hydrogen-bond donors (Lipinski definition) is 2. The largest absolute Gasteiger partial charge is 0.457 e. The molecule has 4 unspecified atom stereocenters. The van der Waals surface area contributed by atoms with Crippen molar-refractivity contribution < 1.29 is 38.9 Å². The fourth-order valence-corrected chi connectivity index (χ4v) is 9.17. The number of fused-ring (bicyclic) bond motifs is 5. The van der Waals surface area contributed by atoms with Gasteiger partial charge < -0.3 is 19.7 Å². The highest BCUT2D eigenvalue weighted by Crippen LogP contribution is 2.72. The van der Waals surface area contributed by atoms with Crippen LogP contribution in [0.25, 0.3) is 0 Å². The zero-order valence-corrected chi connectivity index (χ0v) is 23.7. The van der Waals surface area contributed by atoms with Crippen LogP contribution in [0.5, 0.6) is 0 Å². The first-order chi connectivity index (χ1) is 17.2. The Hall–Kier alpha value is -1.84. The molecular weight excluding hydrogens is 544 g/mol. The van der Waals surface area contributed by atoms with Gasteiger partial charge in [-0.05, 0) is 43.3 Å². The molecule has 0 aliphatic heterocycles. The smallest absolute Gasteiger partial charge is 0.306 e. The van der Waals surface area contributed by atoms with Gasteiger partial charge in [-0.25, -0.2) is 0 Å². The van der Waals surface area contributed by atoms with E-state index < -0.39 is 63.2 Å². The molecule has 3 saturated carbocycles. The fraction of sp³-hybridized carbons (Fsp3) is 0.714. The Labute approximate surface area is 226 Å². The van der Waals surface area contributed by atoms with E-state index >= 15 is 0 Å². The lowest BCUT2D eigenvalue weighted by molar-refractivity contribution is -0.234. The van der Waals surface area contributed by atoms with Crippen molar-refractivity contribution in [2.75, 3.05) is 6.61 Å². The Kier molecular flexibility index (Phi) is 7.17. The van der Waals surface area contributed by atoms with Gasteiger partial charge in [0.05, 0.1) is 16.5 Å². The minimum absolute atomic E-state index is 0.0206. The first-order valence-corrected chi connectivity index (χ1v) is 13.9. The van der Waals surface area contributed by atoms with E-state index in [4.69, 9.17) is 9.47 Å². The number of carbonyl (C=O) groups excluding carboxylic acids is 4. The van der Waals surface area contributed by atoms with Crippen LogP contribution >= 0.6 is 15.9 Å². The second kappa shape index (κ2) is 9.42. The maximum absolute atomic E-state index is 13.9. The van der Waals surface area contributed by atoms with Crippen LogP contribution in [-0.4, -0.2) is 62.5 Å².